The van der Waals surface area contributed by atoms with Gasteiger partial charge in [0, 0.05) is 12.8 Å². The Morgan fingerprint density at radius 2 is 2.08 bits per heavy atom. The number of nitrogens with zero attached hydrogens (tertiary/aromatic N) is 1. The van der Waals surface area contributed by atoms with Gasteiger partial charge in [-0.2, -0.15) is 4.98 Å². The molecule has 12 heavy (non-hydrogen) atoms. The van der Waals surface area contributed by atoms with Gasteiger partial charge in [-0.25, -0.2) is 0 Å². The molecule has 1 aromatic rings. The molecule has 0 bridgehead atoms. The molecule has 4 nitrogen and oxygen atoms in total. The molecule has 1 aromatic heterocycles. The van der Waals surface area contributed by atoms with Crippen LogP contribution in [0.25, 0.3) is 0 Å². The Bertz CT molecular complexity index is 317. The molecular formula is C8H10N2O2. The second kappa shape index (κ2) is 2.62. The van der Waals surface area contributed by atoms with Gasteiger partial charge in [0.1, 0.15) is 11.5 Å². The number of Topliss-reactive ketones (excluding diaryl/α,β-unsaturated/α-hetero) is 1. The number of hydrogen-bond donors (Lipinski definition) is 1. The number of aryl methyl sites for hydroxylation is 1. The summed E-state index contributed by atoms with van der Waals surface area (Å²) in [6.45, 7) is 0. The summed E-state index contributed by atoms with van der Waals surface area (Å²) in [4.78, 5) is 15.2. The third kappa shape index (κ3) is 1.09. The van der Waals surface area contributed by atoms with Crippen LogP contribution in [-0.4, -0.2) is 10.8 Å². The van der Waals surface area contributed by atoms with Crippen LogP contribution in [0.15, 0.2) is 4.42 Å². The van der Waals surface area contributed by atoms with E-state index >= 15 is 0 Å². The van der Waals surface area contributed by atoms with Crippen LogP contribution in [0.3, 0.4) is 0 Å². The van der Waals surface area contributed by atoms with Gasteiger partial charge >= 0.3 is 0 Å². The van der Waals surface area contributed by atoms with Gasteiger partial charge in [0.15, 0.2) is 5.78 Å². The maximum Gasteiger partial charge on any atom is 0.292 e. The highest BCUT2D eigenvalue weighted by Crippen LogP contribution is 2.21. The molecule has 0 saturated heterocycles. The van der Waals surface area contributed by atoms with Gasteiger partial charge in [0.25, 0.3) is 6.01 Å². The van der Waals surface area contributed by atoms with E-state index in [1.807, 2.05) is 0 Å². The monoisotopic (exact) mass is 166 g/mol. The van der Waals surface area contributed by atoms with Crippen molar-refractivity contribution in [1.29, 1.82) is 0 Å². The van der Waals surface area contributed by atoms with Crippen LogP contribution in [0.1, 0.15) is 35.5 Å². The van der Waals surface area contributed by atoms with Gasteiger partial charge < -0.3 is 10.2 Å². The zero-order chi connectivity index (χ0) is 8.55. The van der Waals surface area contributed by atoms with Crippen molar-refractivity contribution in [2.24, 2.45) is 0 Å². The van der Waals surface area contributed by atoms with Crippen LogP contribution >= 0.6 is 0 Å². The first-order valence-electron chi connectivity index (χ1n) is 4.06. The number of nitrogen functional groups attached to an aromatic ring is 1. The van der Waals surface area contributed by atoms with Crippen molar-refractivity contribution in [3.8, 4) is 0 Å². The molecule has 0 aliphatic heterocycles. The van der Waals surface area contributed by atoms with Crippen LogP contribution in [0.5, 0.6) is 0 Å². The van der Waals surface area contributed by atoms with E-state index in [1.54, 1.807) is 0 Å². The summed E-state index contributed by atoms with van der Waals surface area (Å²) in [5.41, 5.74) is 5.79. The summed E-state index contributed by atoms with van der Waals surface area (Å²) in [6, 6.07) is 0.107. The quantitative estimate of drug-likeness (QED) is 0.587. The summed E-state index contributed by atoms with van der Waals surface area (Å²) in [5.74, 6) is 0.720. The van der Waals surface area contributed by atoms with Crippen LogP contribution < -0.4 is 5.73 Å². The molecule has 0 aromatic carbocycles. The lowest BCUT2D eigenvalue weighted by molar-refractivity contribution is 0.0977. The van der Waals surface area contributed by atoms with Crippen molar-refractivity contribution in [3.63, 3.8) is 0 Å². The number of hydrogen-bond acceptors (Lipinski definition) is 4. The molecule has 2 rings (SSSR count). The highest BCUT2D eigenvalue weighted by molar-refractivity contribution is 5.95. The summed E-state index contributed by atoms with van der Waals surface area (Å²) < 4.78 is 5.10. The molecular weight excluding hydrogens is 156 g/mol. The van der Waals surface area contributed by atoms with E-state index < -0.39 is 0 Å². The van der Waals surface area contributed by atoms with Crippen molar-refractivity contribution < 1.29 is 9.21 Å². The Balaban J connectivity index is 2.44. The first-order valence-corrected chi connectivity index (χ1v) is 4.06. The third-order valence-electron chi connectivity index (χ3n) is 2.04. The van der Waals surface area contributed by atoms with E-state index in [-0.39, 0.29) is 11.8 Å². The molecule has 64 valence electrons. The molecule has 4 heteroatoms. The number of rotatable bonds is 0. The third-order valence-corrected chi connectivity index (χ3v) is 2.04. The van der Waals surface area contributed by atoms with Crippen LogP contribution in [0, 0.1) is 0 Å². The number of fused-ring (bicyclic) bond motifs is 1. The topological polar surface area (TPSA) is 69.1 Å². The van der Waals surface area contributed by atoms with Crippen molar-refractivity contribution in [3.05, 3.63) is 11.5 Å². The van der Waals surface area contributed by atoms with Crippen molar-refractivity contribution in [1.82, 2.24) is 4.98 Å². The molecule has 2 N–H and O–H groups in total. The number of nitrogens with two attached hydrogens (primary N) is 1. The number of anilines is 1. The lowest BCUT2D eigenvalue weighted by Gasteiger charge is -1.88. The molecule has 1 heterocycles. The van der Waals surface area contributed by atoms with Gasteiger partial charge in [-0.15, -0.1) is 0 Å². The van der Waals surface area contributed by atoms with E-state index in [1.165, 1.54) is 0 Å². The standard InChI is InChI=1S/C8H10N2O2/c9-8-10-7-5(11)3-1-2-4-6(7)12-8/h1-4H2,(H2,9,10). The summed E-state index contributed by atoms with van der Waals surface area (Å²) >= 11 is 0. The number of aromatic nitrogens is 1. The highest BCUT2D eigenvalue weighted by atomic mass is 16.4. The van der Waals surface area contributed by atoms with Gasteiger partial charge in [-0.1, -0.05) is 0 Å². The fourth-order valence-electron chi connectivity index (χ4n) is 1.45. The molecule has 1 aliphatic rings. The Kier molecular flexibility index (Phi) is 1.60. The fourth-order valence-corrected chi connectivity index (χ4v) is 1.45. The molecule has 1 aliphatic carbocycles. The molecule has 0 radical (unpaired) electrons. The average molecular weight is 166 g/mol. The number of carbonyl (C=O) groups is 1. The summed E-state index contributed by atoms with van der Waals surface area (Å²) in [6.07, 6.45) is 3.25. The van der Waals surface area contributed by atoms with Crippen LogP contribution in [0.2, 0.25) is 0 Å². The predicted molar refractivity (Wildman–Crippen MR) is 42.8 cm³/mol. The molecule has 0 amide bonds. The Labute approximate surface area is 69.8 Å². The number of oxazole rings is 1. The minimum absolute atomic E-state index is 0.0583. The SMILES string of the molecule is Nc1nc2c(o1)CCCCC2=O. The first kappa shape index (κ1) is 7.34. The van der Waals surface area contributed by atoms with Gasteiger partial charge in [-0.05, 0) is 12.8 Å². The smallest absolute Gasteiger partial charge is 0.292 e. The van der Waals surface area contributed by atoms with Crippen molar-refractivity contribution in [2.75, 3.05) is 5.73 Å². The second-order valence-corrected chi connectivity index (χ2v) is 2.95. The Morgan fingerprint density at radius 3 is 2.92 bits per heavy atom. The molecule has 0 saturated carbocycles. The van der Waals surface area contributed by atoms with E-state index in [0.29, 0.717) is 17.9 Å². The van der Waals surface area contributed by atoms with Gasteiger partial charge in [0.2, 0.25) is 0 Å². The van der Waals surface area contributed by atoms with Crippen LogP contribution in [0.4, 0.5) is 6.01 Å². The molecule has 0 unspecified atom stereocenters. The minimum Gasteiger partial charge on any atom is -0.428 e. The minimum atomic E-state index is 0.0583. The predicted octanol–water partition coefficient (Wildman–Crippen LogP) is 1.17. The largest absolute Gasteiger partial charge is 0.428 e. The summed E-state index contributed by atoms with van der Waals surface area (Å²) in [5, 5.41) is 0. The molecule has 0 spiro atoms. The molecule has 0 atom stereocenters. The summed E-state index contributed by atoms with van der Waals surface area (Å²) in [7, 11) is 0. The van der Waals surface area contributed by atoms with Gasteiger partial charge in [0.05, 0.1) is 0 Å². The van der Waals surface area contributed by atoms with Crippen molar-refractivity contribution in [2.45, 2.75) is 25.7 Å². The van der Waals surface area contributed by atoms with E-state index in [2.05, 4.69) is 4.98 Å². The van der Waals surface area contributed by atoms with E-state index in [0.717, 1.165) is 19.3 Å². The Hall–Kier alpha value is -1.32. The zero-order valence-corrected chi connectivity index (χ0v) is 6.67. The maximum atomic E-state index is 11.3. The fraction of sp³-hybridized carbons (Fsp3) is 0.500. The average Bonchev–Trinajstić information content (AvgIpc) is 2.33. The second-order valence-electron chi connectivity index (χ2n) is 2.95. The maximum absolute atomic E-state index is 11.3. The zero-order valence-electron chi connectivity index (χ0n) is 6.67. The molecule has 0 fully saturated rings. The lowest BCUT2D eigenvalue weighted by Crippen LogP contribution is -1.99. The first-order chi connectivity index (χ1) is 5.77. The number of carbonyl (C=O) groups excluding carboxylic acids is 1. The Morgan fingerprint density at radius 1 is 1.33 bits per heavy atom. The van der Waals surface area contributed by atoms with Crippen molar-refractivity contribution >= 4 is 11.8 Å². The van der Waals surface area contributed by atoms with Gasteiger partial charge in [-0.3, -0.25) is 4.79 Å². The lowest BCUT2D eigenvalue weighted by atomic mass is 10.2. The normalized spacial score (nSPS) is 17.2. The van der Waals surface area contributed by atoms with E-state index in [4.69, 9.17) is 10.2 Å². The highest BCUT2D eigenvalue weighted by Gasteiger charge is 2.21. The van der Waals surface area contributed by atoms with Crippen LogP contribution in [-0.2, 0) is 6.42 Å². The van der Waals surface area contributed by atoms with E-state index in [9.17, 15) is 4.79 Å². The number of ketones is 1.